The lowest BCUT2D eigenvalue weighted by Gasteiger charge is -2.20. The van der Waals surface area contributed by atoms with E-state index in [9.17, 15) is 0 Å². The molecule has 13 heavy (non-hydrogen) atoms. The topological polar surface area (TPSA) is 52.9 Å². The standard InChI is InChI=1S/C8H20BNO3/c1-3-5-10(6-4-2)7-8-13-9(11)12/h11-12H,3-8H2,1-2H3. The summed E-state index contributed by atoms with van der Waals surface area (Å²) in [4.78, 5) is 2.25. The van der Waals surface area contributed by atoms with Gasteiger partial charge in [-0.05, 0) is 25.9 Å². The molecule has 0 saturated carbocycles. The highest BCUT2D eigenvalue weighted by Gasteiger charge is 2.09. The van der Waals surface area contributed by atoms with Crippen LogP contribution in [0.1, 0.15) is 26.7 Å². The largest absolute Gasteiger partial charge is 0.633 e. The van der Waals surface area contributed by atoms with E-state index in [-0.39, 0.29) is 0 Å². The van der Waals surface area contributed by atoms with Crippen LogP contribution < -0.4 is 0 Å². The average molecular weight is 189 g/mol. The van der Waals surface area contributed by atoms with E-state index in [2.05, 4.69) is 23.4 Å². The molecule has 0 aromatic carbocycles. The Hall–Kier alpha value is -0.0951. The smallest absolute Gasteiger partial charge is 0.402 e. The number of rotatable bonds is 8. The van der Waals surface area contributed by atoms with Crippen molar-refractivity contribution in [3.05, 3.63) is 0 Å². The Kier molecular flexibility index (Phi) is 8.44. The lowest BCUT2D eigenvalue weighted by molar-refractivity contribution is 0.150. The van der Waals surface area contributed by atoms with Gasteiger partial charge < -0.3 is 19.6 Å². The molecule has 78 valence electrons. The molecule has 0 rings (SSSR count). The van der Waals surface area contributed by atoms with Crippen LogP contribution in [0, 0.1) is 0 Å². The highest BCUT2D eigenvalue weighted by Crippen LogP contribution is 1.93. The maximum Gasteiger partial charge on any atom is 0.633 e. The molecule has 0 aliphatic heterocycles. The molecule has 0 atom stereocenters. The van der Waals surface area contributed by atoms with Gasteiger partial charge in [-0.1, -0.05) is 13.8 Å². The minimum atomic E-state index is -1.63. The molecule has 4 nitrogen and oxygen atoms in total. The number of hydrogen-bond acceptors (Lipinski definition) is 4. The second-order valence-electron chi connectivity index (χ2n) is 3.04. The van der Waals surface area contributed by atoms with E-state index in [0.717, 1.165) is 32.5 Å². The minimum Gasteiger partial charge on any atom is -0.402 e. The van der Waals surface area contributed by atoms with Crippen LogP contribution >= 0.6 is 0 Å². The first-order valence-corrected chi connectivity index (χ1v) is 4.90. The first kappa shape index (κ1) is 12.9. The van der Waals surface area contributed by atoms with E-state index < -0.39 is 7.32 Å². The van der Waals surface area contributed by atoms with Crippen LogP contribution in [0.5, 0.6) is 0 Å². The molecule has 0 spiro atoms. The summed E-state index contributed by atoms with van der Waals surface area (Å²) in [6.07, 6.45) is 2.23. The third-order valence-corrected chi connectivity index (χ3v) is 1.75. The molecule has 0 aromatic rings. The highest BCUT2D eigenvalue weighted by atomic mass is 16.6. The van der Waals surface area contributed by atoms with Crippen molar-refractivity contribution < 1.29 is 14.7 Å². The number of hydrogen-bond donors (Lipinski definition) is 2. The lowest BCUT2D eigenvalue weighted by Crippen LogP contribution is -2.31. The van der Waals surface area contributed by atoms with E-state index >= 15 is 0 Å². The van der Waals surface area contributed by atoms with Gasteiger partial charge in [0.2, 0.25) is 0 Å². The van der Waals surface area contributed by atoms with Gasteiger partial charge in [-0.3, -0.25) is 0 Å². The molecule has 5 heteroatoms. The van der Waals surface area contributed by atoms with Crippen LogP contribution in [0.25, 0.3) is 0 Å². The zero-order valence-electron chi connectivity index (χ0n) is 8.57. The van der Waals surface area contributed by atoms with Gasteiger partial charge in [0.25, 0.3) is 0 Å². The summed E-state index contributed by atoms with van der Waals surface area (Å²) in [6.45, 7) is 7.48. The molecule has 0 saturated heterocycles. The second kappa shape index (κ2) is 8.50. The first-order chi connectivity index (χ1) is 6.20. The van der Waals surface area contributed by atoms with Crippen molar-refractivity contribution in [3.63, 3.8) is 0 Å². The van der Waals surface area contributed by atoms with Crippen LogP contribution in [0.15, 0.2) is 0 Å². The summed E-state index contributed by atoms with van der Waals surface area (Å²) in [5.41, 5.74) is 0. The molecule has 0 bridgehead atoms. The summed E-state index contributed by atoms with van der Waals surface area (Å²) in [6, 6.07) is 0. The van der Waals surface area contributed by atoms with Crippen LogP contribution in [0.4, 0.5) is 0 Å². The fraction of sp³-hybridized carbons (Fsp3) is 1.00. The van der Waals surface area contributed by atoms with Crippen molar-refractivity contribution in [2.75, 3.05) is 26.2 Å². The van der Waals surface area contributed by atoms with Gasteiger partial charge >= 0.3 is 7.32 Å². The molecule has 0 aromatic heterocycles. The molecule has 0 heterocycles. The molecule has 0 aliphatic carbocycles. The van der Waals surface area contributed by atoms with E-state index in [0.29, 0.717) is 6.61 Å². The zero-order valence-corrected chi connectivity index (χ0v) is 8.57. The Labute approximate surface area is 80.7 Å². The van der Waals surface area contributed by atoms with Gasteiger partial charge in [0.15, 0.2) is 0 Å². The highest BCUT2D eigenvalue weighted by molar-refractivity contribution is 6.32. The number of nitrogens with zero attached hydrogens (tertiary/aromatic N) is 1. The fourth-order valence-corrected chi connectivity index (χ4v) is 1.26. The fourth-order valence-electron chi connectivity index (χ4n) is 1.26. The van der Waals surface area contributed by atoms with E-state index in [4.69, 9.17) is 10.0 Å². The van der Waals surface area contributed by atoms with Crippen molar-refractivity contribution in [2.45, 2.75) is 26.7 Å². The van der Waals surface area contributed by atoms with Crippen molar-refractivity contribution in [1.29, 1.82) is 0 Å². The normalized spacial score (nSPS) is 10.8. The monoisotopic (exact) mass is 189 g/mol. The Morgan fingerprint density at radius 2 is 1.62 bits per heavy atom. The summed E-state index contributed by atoms with van der Waals surface area (Å²) >= 11 is 0. The van der Waals surface area contributed by atoms with Crippen LogP contribution in [-0.2, 0) is 4.65 Å². The molecular formula is C8H20BNO3. The second-order valence-corrected chi connectivity index (χ2v) is 3.04. The van der Waals surface area contributed by atoms with Crippen LogP contribution in [-0.4, -0.2) is 48.5 Å². The quantitative estimate of drug-likeness (QED) is 0.531. The molecule has 0 unspecified atom stereocenters. The van der Waals surface area contributed by atoms with Crippen molar-refractivity contribution in [1.82, 2.24) is 4.90 Å². The summed E-state index contributed by atoms with van der Waals surface area (Å²) < 4.78 is 4.63. The Morgan fingerprint density at radius 3 is 2.00 bits per heavy atom. The maximum atomic E-state index is 8.44. The van der Waals surface area contributed by atoms with Gasteiger partial charge in [0, 0.05) is 13.2 Å². The Morgan fingerprint density at radius 1 is 1.08 bits per heavy atom. The summed E-state index contributed by atoms with van der Waals surface area (Å²) in [7, 11) is -1.63. The van der Waals surface area contributed by atoms with Crippen molar-refractivity contribution in [3.8, 4) is 0 Å². The SMILES string of the molecule is CCCN(CCC)CCOB(O)O. The van der Waals surface area contributed by atoms with Gasteiger partial charge in [0.1, 0.15) is 0 Å². The average Bonchev–Trinajstić information content (AvgIpc) is 2.04. The Bertz CT molecular complexity index is 108. The third kappa shape index (κ3) is 8.24. The maximum absolute atomic E-state index is 8.44. The van der Waals surface area contributed by atoms with Gasteiger partial charge in [-0.25, -0.2) is 0 Å². The molecule has 0 aliphatic rings. The lowest BCUT2D eigenvalue weighted by atomic mass is 10.2. The van der Waals surface area contributed by atoms with E-state index in [1.807, 2.05) is 0 Å². The summed E-state index contributed by atoms with van der Waals surface area (Å²) in [5, 5.41) is 16.9. The molecular weight excluding hydrogens is 169 g/mol. The predicted octanol–water partition coefficient (Wildman–Crippen LogP) is 0.0945. The van der Waals surface area contributed by atoms with Crippen molar-refractivity contribution >= 4 is 7.32 Å². The van der Waals surface area contributed by atoms with E-state index in [1.54, 1.807) is 0 Å². The summed E-state index contributed by atoms with van der Waals surface area (Å²) in [5.74, 6) is 0. The predicted molar refractivity (Wildman–Crippen MR) is 53.2 cm³/mol. The molecule has 0 amide bonds. The Balaban J connectivity index is 3.44. The zero-order chi connectivity index (χ0) is 10.1. The third-order valence-electron chi connectivity index (χ3n) is 1.75. The molecule has 2 N–H and O–H groups in total. The molecule has 0 radical (unpaired) electrons. The van der Waals surface area contributed by atoms with Gasteiger partial charge in [0.05, 0.1) is 0 Å². The van der Waals surface area contributed by atoms with Crippen molar-refractivity contribution in [2.24, 2.45) is 0 Å². The minimum absolute atomic E-state index is 0.373. The van der Waals surface area contributed by atoms with Crippen LogP contribution in [0.3, 0.4) is 0 Å². The van der Waals surface area contributed by atoms with E-state index in [1.165, 1.54) is 0 Å². The molecule has 0 fully saturated rings. The van der Waals surface area contributed by atoms with Gasteiger partial charge in [-0.2, -0.15) is 0 Å². The van der Waals surface area contributed by atoms with Gasteiger partial charge in [-0.15, -0.1) is 0 Å². The van der Waals surface area contributed by atoms with Crippen LogP contribution in [0.2, 0.25) is 0 Å². The first-order valence-electron chi connectivity index (χ1n) is 4.90.